The Hall–Kier alpha value is -0.970. The van der Waals surface area contributed by atoms with Crippen molar-refractivity contribution >= 4 is 17.6 Å². The van der Waals surface area contributed by atoms with Gasteiger partial charge in [-0.05, 0) is 37.5 Å². The predicted molar refractivity (Wildman–Crippen MR) is 70.5 cm³/mol. The van der Waals surface area contributed by atoms with E-state index in [1.807, 2.05) is 0 Å². The number of nitrogens with zero attached hydrogens (tertiary/aromatic N) is 3. The van der Waals surface area contributed by atoms with Gasteiger partial charge in [0.15, 0.2) is 5.69 Å². The molecule has 4 nitrogen and oxygen atoms in total. The predicted octanol–water partition coefficient (Wildman–Crippen LogP) is 2.58. The van der Waals surface area contributed by atoms with Crippen LogP contribution in [0.2, 0.25) is 0 Å². The topological polar surface area (TPSA) is 46.1 Å². The lowest BCUT2D eigenvalue weighted by Crippen LogP contribution is -2.53. The zero-order chi connectivity index (χ0) is 12.5. The molecule has 0 aromatic carbocycles. The van der Waals surface area contributed by atoms with Crippen LogP contribution >= 0.6 is 11.7 Å². The van der Waals surface area contributed by atoms with Gasteiger partial charge >= 0.3 is 0 Å². The van der Waals surface area contributed by atoms with E-state index in [1.165, 1.54) is 25.7 Å². The van der Waals surface area contributed by atoms with Gasteiger partial charge in [0.1, 0.15) is 0 Å². The number of fused-ring (bicyclic) bond motifs is 1. The standard InChI is InChI=1S/C13H19N3OS/c1-9-4-2-5-10-6-3-7-16(12(9)10)13(17)11-8-14-18-15-11/h8-10,12H,2-7H2,1H3/t9-,10-,12+/m1/s1. The summed E-state index contributed by atoms with van der Waals surface area (Å²) < 4.78 is 8.04. The van der Waals surface area contributed by atoms with Gasteiger partial charge in [-0.3, -0.25) is 4.79 Å². The van der Waals surface area contributed by atoms with E-state index in [0.29, 0.717) is 23.6 Å². The van der Waals surface area contributed by atoms with Gasteiger partial charge in [0.25, 0.3) is 5.91 Å². The summed E-state index contributed by atoms with van der Waals surface area (Å²) in [6, 6.07) is 0.432. The molecule has 0 unspecified atom stereocenters. The highest BCUT2D eigenvalue weighted by molar-refractivity contribution is 6.99. The number of amides is 1. The van der Waals surface area contributed by atoms with Crippen LogP contribution in [0, 0.1) is 11.8 Å². The molecule has 2 fully saturated rings. The second kappa shape index (κ2) is 4.96. The third-order valence-corrected chi connectivity index (χ3v) is 4.95. The maximum atomic E-state index is 12.5. The fourth-order valence-corrected chi connectivity index (χ4v) is 4.11. The second-order valence-electron chi connectivity index (χ2n) is 5.59. The van der Waals surface area contributed by atoms with Crippen molar-refractivity contribution in [2.75, 3.05) is 6.54 Å². The first kappa shape index (κ1) is 12.1. The minimum atomic E-state index is 0.0900. The number of hydrogen-bond donors (Lipinski definition) is 0. The van der Waals surface area contributed by atoms with Crippen LogP contribution in [0.5, 0.6) is 0 Å². The number of rotatable bonds is 1. The average Bonchev–Trinajstić information content (AvgIpc) is 2.91. The smallest absolute Gasteiger partial charge is 0.275 e. The van der Waals surface area contributed by atoms with E-state index in [4.69, 9.17) is 0 Å². The average molecular weight is 265 g/mol. The number of hydrogen-bond acceptors (Lipinski definition) is 4. The third-order valence-electron chi connectivity index (χ3n) is 4.48. The van der Waals surface area contributed by atoms with Crippen LogP contribution in [0.15, 0.2) is 6.20 Å². The van der Waals surface area contributed by atoms with E-state index in [-0.39, 0.29) is 5.91 Å². The largest absolute Gasteiger partial charge is 0.334 e. The van der Waals surface area contributed by atoms with Gasteiger partial charge in [-0.2, -0.15) is 8.75 Å². The van der Waals surface area contributed by atoms with Gasteiger partial charge in [-0.25, -0.2) is 0 Å². The lowest BCUT2D eigenvalue weighted by molar-refractivity contribution is 0.0207. The van der Waals surface area contributed by atoms with Gasteiger partial charge in [0, 0.05) is 12.6 Å². The summed E-state index contributed by atoms with van der Waals surface area (Å²) >= 11 is 1.11. The second-order valence-corrected chi connectivity index (χ2v) is 6.15. The Kier molecular flexibility index (Phi) is 3.33. The summed E-state index contributed by atoms with van der Waals surface area (Å²) in [5.74, 6) is 1.42. The zero-order valence-electron chi connectivity index (χ0n) is 10.7. The SMILES string of the molecule is C[C@@H]1CCC[C@@H]2CCCN(C(=O)c3cnsn3)[C@H]21. The molecule has 1 aromatic heterocycles. The van der Waals surface area contributed by atoms with Crippen molar-refractivity contribution in [1.29, 1.82) is 0 Å². The van der Waals surface area contributed by atoms with Gasteiger partial charge < -0.3 is 4.90 Å². The van der Waals surface area contributed by atoms with Gasteiger partial charge in [0.2, 0.25) is 0 Å². The summed E-state index contributed by atoms with van der Waals surface area (Å²) in [6.07, 6.45) is 7.88. The molecule has 1 saturated carbocycles. The normalized spacial score (nSPS) is 32.1. The van der Waals surface area contributed by atoms with Gasteiger partial charge in [-0.15, -0.1) is 0 Å². The van der Waals surface area contributed by atoms with Gasteiger partial charge in [0.05, 0.1) is 17.9 Å². The molecular weight excluding hydrogens is 246 g/mol. The molecule has 3 atom stereocenters. The van der Waals surface area contributed by atoms with Crippen molar-refractivity contribution in [2.45, 2.75) is 45.1 Å². The molecule has 98 valence electrons. The molecule has 1 saturated heterocycles. The molecule has 2 aliphatic rings. The van der Waals surface area contributed by atoms with E-state index < -0.39 is 0 Å². The monoisotopic (exact) mass is 265 g/mol. The molecule has 0 bridgehead atoms. The molecule has 3 rings (SSSR count). The Labute approximate surface area is 112 Å². The molecule has 18 heavy (non-hydrogen) atoms. The van der Waals surface area contributed by atoms with Crippen LogP contribution in [0.3, 0.4) is 0 Å². The van der Waals surface area contributed by atoms with Gasteiger partial charge in [-0.1, -0.05) is 13.3 Å². The summed E-state index contributed by atoms with van der Waals surface area (Å²) in [4.78, 5) is 14.6. The lowest BCUT2D eigenvalue weighted by atomic mass is 9.73. The Balaban J connectivity index is 1.83. The fourth-order valence-electron chi connectivity index (χ4n) is 3.70. The molecule has 1 aromatic rings. The maximum Gasteiger partial charge on any atom is 0.275 e. The van der Waals surface area contributed by atoms with E-state index >= 15 is 0 Å². The number of aromatic nitrogens is 2. The molecule has 1 aliphatic carbocycles. The first-order valence-electron chi connectivity index (χ1n) is 6.86. The summed E-state index contributed by atoms with van der Waals surface area (Å²) in [7, 11) is 0. The molecule has 1 aliphatic heterocycles. The fraction of sp³-hybridized carbons (Fsp3) is 0.769. The van der Waals surface area contributed by atoms with Crippen LogP contribution in [0.25, 0.3) is 0 Å². The quantitative estimate of drug-likeness (QED) is 0.784. The van der Waals surface area contributed by atoms with Crippen molar-refractivity contribution in [3.05, 3.63) is 11.9 Å². The molecule has 5 heteroatoms. The van der Waals surface area contributed by atoms with Crippen LogP contribution in [-0.2, 0) is 0 Å². The van der Waals surface area contributed by atoms with Crippen molar-refractivity contribution < 1.29 is 4.79 Å². The van der Waals surface area contributed by atoms with Crippen LogP contribution < -0.4 is 0 Å². The number of piperidine rings is 1. The maximum absolute atomic E-state index is 12.5. The lowest BCUT2D eigenvalue weighted by Gasteiger charge is -2.47. The Morgan fingerprint density at radius 3 is 3.00 bits per heavy atom. The minimum Gasteiger partial charge on any atom is -0.334 e. The van der Waals surface area contributed by atoms with E-state index in [1.54, 1.807) is 6.20 Å². The van der Waals surface area contributed by atoms with Crippen LogP contribution in [-0.4, -0.2) is 32.1 Å². The Morgan fingerprint density at radius 1 is 1.39 bits per heavy atom. The minimum absolute atomic E-state index is 0.0900. The highest BCUT2D eigenvalue weighted by atomic mass is 32.1. The van der Waals surface area contributed by atoms with E-state index in [0.717, 1.165) is 24.7 Å². The van der Waals surface area contributed by atoms with Crippen molar-refractivity contribution in [3.8, 4) is 0 Å². The molecule has 2 heterocycles. The Morgan fingerprint density at radius 2 is 2.22 bits per heavy atom. The first-order chi connectivity index (χ1) is 8.77. The molecular formula is C13H19N3OS. The summed E-state index contributed by atoms with van der Waals surface area (Å²) in [5.41, 5.74) is 0.526. The van der Waals surface area contributed by atoms with E-state index in [2.05, 4.69) is 20.6 Å². The highest BCUT2D eigenvalue weighted by Gasteiger charge is 2.40. The van der Waals surface area contributed by atoms with E-state index in [9.17, 15) is 4.79 Å². The Bertz CT molecular complexity index is 418. The van der Waals surface area contributed by atoms with Crippen LogP contribution in [0.4, 0.5) is 0 Å². The molecule has 0 N–H and O–H groups in total. The zero-order valence-corrected chi connectivity index (χ0v) is 11.5. The summed E-state index contributed by atoms with van der Waals surface area (Å²) in [5, 5.41) is 0. The molecule has 0 radical (unpaired) electrons. The summed E-state index contributed by atoms with van der Waals surface area (Å²) in [6.45, 7) is 3.18. The number of carbonyl (C=O) groups is 1. The number of carbonyl (C=O) groups excluding carboxylic acids is 1. The molecule has 1 amide bonds. The van der Waals surface area contributed by atoms with Crippen molar-refractivity contribution in [1.82, 2.24) is 13.6 Å². The van der Waals surface area contributed by atoms with Crippen molar-refractivity contribution in [2.24, 2.45) is 11.8 Å². The molecule has 0 spiro atoms. The third kappa shape index (κ3) is 2.05. The first-order valence-corrected chi connectivity index (χ1v) is 7.59. The number of likely N-dealkylation sites (tertiary alicyclic amines) is 1. The highest BCUT2D eigenvalue weighted by Crippen LogP contribution is 2.39. The van der Waals surface area contributed by atoms with Crippen LogP contribution in [0.1, 0.15) is 49.5 Å². The van der Waals surface area contributed by atoms with Crippen molar-refractivity contribution in [3.63, 3.8) is 0 Å².